The van der Waals surface area contributed by atoms with Crippen LogP contribution in [0.1, 0.15) is 5.56 Å². The van der Waals surface area contributed by atoms with Crippen LogP contribution in [0.5, 0.6) is 5.75 Å². The van der Waals surface area contributed by atoms with Crippen LogP contribution in [0.15, 0.2) is 66.7 Å². The SMILES string of the molecule is Cc1cccc(OCC(=O)Nc2ccc(-c3nc4ccccc4s3)c(Cl)c2)c1. The molecule has 4 rings (SSSR count). The number of thiazole rings is 1. The quantitative estimate of drug-likeness (QED) is 0.444. The van der Waals surface area contributed by atoms with Crippen molar-refractivity contribution in [2.45, 2.75) is 6.92 Å². The van der Waals surface area contributed by atoms with Gasteiger partial charge in [0.1, 0.15) is 10.8 Å². The van der Waals surface area contributed by atoms with Crippen molar-refractivity contribution in [3.8, 4) is 16.3 Å². The van der Waals surface area contributed by atoms with E-state index in [1.807, 2.05) is 67.6 Å². The number of fused-ring (bicyclic) bond motifs is 1. The molecule has 0 aliphatic heterocycles. The van der Waals surface area contributed by atoms with Gasteiger partial charge in [-0.05, 0) is 55.0 Å². The van der Waals surface area contributed by atoms with E-state index in [2.05, 4.69) is 10.3 Å². The maximum atomic E-state index is 12.2. The zero-order chi connectivity index (χ0) is 19.5. The minimum absolute atomic E-state index is 0.0688. The lowest BCUT2D eigenvalue weighted by atomic mass is 10.2. The van der Waals surface area contributed by atoms with Gasteiger partial charge in [-0.15, -0.1) is 11.3 Å². The molecule has 0 aliphatic carbocycles. The number of para-hydroxylation sites is 1. The third-order valence-electron chi connectivity index (χ3n) is 4.14. The lowest BCUT2D eigenvalue weighted by Gasteiger charge is -2.09. The minimum atomic E-state index is -0.245. The van der Waals surface area contributed by atoms with Crippen LogP contribution in [0, 0.1) is 6.92 Å². The number of carbonyl (C=O) groups excluding carboxylic acids is 1. The second-order valence-electron chi connectivity index (χ2n) is 6.33. The molecule has 4 nitrogen and oxygen atoms in total. The highest BCUT2D eigenvalue weighted by atomic mass is 35.5. The van der Waals surface area contributed by atoms with Gasteiger partial charge in [0.25, 0.3) is 5.91 Å². The Bertz CT molecular complexity index is 1120. The first-order valence-electron chi connectivity index (χ1n) is 8.73. The molecular weight excluding hydrogens is 392 g/mol. The van der Waals surface area contributed by atoms with Gasteiger partial charge in [0.05, 0.1) is 15.2 Å². The Morgan fingerprint density at radius 3 is 2.75 bits per heavy atom. The number of hydrogen-bond acceptors (Lipinski definition) is 4. The molecule has 0 spiro atoms. The van der Waals surface area contributed by atoms with Gasteiger partial charge in [-0.3, -0.25) is 4.79 Å². The Hall–Kier alpha value is -2.89. The zero-order valence-corrected chi connectivity index (χ0v) is 16.7. The van der Waals surface area contributed by atoms with Crippen molar-refractivity contribution >= 4 is 44.7 Å². The molecule has 1 heterocycles. The summed E-state index contributed by atoms with van der Waals surface area (Å²) >= 11 is 8.04. The Morgan fingerprint density at radius 2 is 1.96 bits per heavy atom. The van der Waals surface area contributed by atoms with Crippen LogP contribution in [0.2, 0.25) is 5.02 Å². The summed E-state index contributed by atoms with van der Waals surface area (Å²) in [6.45, 7) is 1.91. The Labute approximate surface area is 171 Å². The molecule has 0 saturated heterocycles. The van der Waals surface area contributed by atoms with E-state index < -0.39 is 0 Å². The van der Waals surface area contributed by atoms with Crippen molar-refractivity contribution in [2.24, 2.45) is 0 Å². The number of nitrogens with one attached hydrogen (secondary N) is 1. The maximum Gasteiger partial charge on any atom is 0.262 e. The highest BCUT2D eigenvalue weighted by molar-refractivity contribution is 7.21. The molecule has 1 N–H and O–H groups in total. The fourth-order valence-electron chi connectivity index (χ4n) is 2.80. The smallest absolute Gasteiger partial charge is 0.262 e. The molecule has 0 atom stereocenters. The number of aryl methyl sites for hydroxylation is 1. The Morgan fingerprint density at radius 1 is 1.11 bits per heavy atom. The molecule has 140 valence electrons. The first-order valence-corrected chi connectivity index (χ1v) is 9.93. The second-order valence-corrected chi connectivity index (χ2v) is 7.77. The summed E-state index contributed by atoms with van der Waals surface area (Å²) in [5, 5.41) is 4.20. The van der Waals surface area contributed by atoms with Gasteiger partial charge in [0, 0.05) is 11.3 Å². The molecule has 0 radical (unpaired) electrons. The summed E-state index contributed by atoms with van der Waals surface area (Å²) in [5.41, 5.74) is 3.49. The predicted molar refractivity (Wildman–Crippen MR) is 115 cm³/mol. The van der Waals surface area contributed by atoms with Gasteiger partial charge in [-0.25, -0.2) is 4.98 Å². The summed E-state index contributed by atoms with van der Waals surface area (Å²) in [5.74, 6) is 0.421. The van der Waals surface area contributed by atoms with Crippen molar-refractivity contribution < 1.29 is 9.53 Å². The van der Waals surface area contributed by atoms with E-state index in [1.54, 1.807) is 17.4 Å². The van der Waals surface area contributed by atoms with Crippen molar-refractivity contribution in [1.29, 1.82) is 0 Å². The standard InChI is InChI=1S/C22H17ClN2O2S/c1-14-5-4-6-16(11-14)27-13-21(26)24-15-9-10-17(18(23)12-15)22-25-19-7-2-3-8-20(19)28-22/h2-12H,13H2,1H3,(H,24,26). The molecular formula is C22H17ClN2O2S. The summed E-state index contributed by atoms with van der Waals surface area (Å²) in [4.78, 5) is 16.8. The van der Waals surface area contributed by atoms with E-state index in [-0.39, 0.29) is 12.5 Å². The third-order valence-corrected chi connectivity index (χ3v) is 5.52. The van der Waals surface area contributed by atoms with E-state index in [1.165, 1.54) is 0 Å². The molecule has 0 unspecified atom stereocenters. The lowest BCUT2D eigenvalue weighted by molar-refractivity contribution is -0.118. The van der Waals surface area contributed by atoms with Crippen molar-refractivity contribution in [3.05, 3.63) is 77.3 Å². The minimum Gasteiger partial charge on any atom is -0.484 e. The molecule has 0 fully saturated rings. The molecule has 0 bridgehead atoms. The van der Waals surface area contributed by atoms with Gasteiger partial charge in [-0.1, -0.05) is 35.9 Å². The molecule has 3 aromatic carbocycles. The molecule has 28 heavy (non-hydrogen) atoms. The van der Waals surface area contributed by atoms with E-state index in [0.717, 1.165) is 26.4 Å². The van der Waals surface area contributed by atoms with Crippen LogP contribution in [-0.2, 0) is 4.79 Å². The second kappa shape index (κ2) is 8.00. The first kappa shape index (κ1) is 18.5. The number of rotatable bonds is 5. The van der Waals surface area contributed by atoms with E-state index >= 15 is 0 Å². The van der Waals surface area contributed by atoms with Gasteiger partial charge >= 0.3 is 0 Å². The molecule has 1 aromatic heterocycles. The number of amides is 1. The van der Waals surface area contributed by atoms with Crippen LogP contribution < -0.4 is 10.1 Å². The van der Waals surface area contributed by atoms with Gasteiger partial charge < -0.3 is 10.1 Å². The number of nitrogens with zero attached hydrogens (tertiary/aromatic N) is 1. The van der Waals surface area contributed by atoms with E-state index in [9.17, 15) is 4.79 Å². The third kappa shape index (κ3) is 4.16. The first-order chi connectivity index (χ1) is 13.6. The molecule has 6 heteroatoms. The highest BCUT2D eigenvalue weighted by Crippen LogP contribution is 2.35. The normalized spacial score (nSPS) is 10.8. The number of benzene rings is 3. The van der Waals surface area contributed by atoms with Gasteiger partial charge in [-0.2, -0.15) is 0 Å². The molecule has 0 saturated carbocycles. The van der Waals surface area contributed by atoms with E-state index in [0.29, 0.717) is 16.5 Å². The Balaban J connectivity index is 1.44. The van der Waals surface area contributed by atoms with Crippen molar-refractivity contribution in [2.75, 3.05) is 11.9 Å². The lowest BCUT2D eigenvalue weighted by Crippen LogP contribution is -2.20. The molecule has 1 amide bonds. The number of carbonyl (C=O) groups is 1. The monoisotopic (exact) mass is 408 g/mol. The predicted octanol–water partition coefficient (Wildman–Crippen LogP) is 5.94. The Kier molecular flexibility index (Phi) is 5.28. The number of ether oxygens (including phenoxy) is 1. The highest BCUT2D eigenvalue weighted by Gasteiger charge is 2.11. The summed E-state index contributed by atoms with van der Waals surface area (Å²) in [6.07, 6.45) is 0. The van der Waals surface area contributed by atoms with Crippen LogP contribution in [-0.4, -0.2) is 17.5 Å². The number of hydrogen-bond donors (Lipinski definition) is 1. The number of halogens is 1. The van der Waals surface area contributed by atoms with Gasteiger partial charge in [0.15, 0.2) is 6.61 Å². The zero-order valence-electron chi connectivity index (χ0n) is 15.1. The average Bonchev–Trinajstić information content (AvgIpc) is 3.10. The number of anilines is 1. The van der Waals surface area contributed by atoms with Crippen LogP contribution >= 0.6 is 22.9 Å². The summed E-state index contributed by atoms with van der Waals surface area (Å²) in [7, 11) is 0. The van der Waals surface area contributed by atoms with Crippen LogP contribution in [0.3, 0.4) is 0 Å². The fraction of sp³-hybridized carbons (Fsp3) is 0.0909. The largest absolute Gasteiger partial charge is 0.484 e. The summed E-state index contributed by atoms with van der Waals surface area (Å²) in [6, 6.07) is 21.0. The van der Waals surface area contributed by atoms with Crippen molar-refractivity contribution in [3.63, 3.8) is 0 Å². The van der Waals surface area contributed by atoms with Gasteiger partial charge in [0.2, 0.25) is 0 Å². The molecule has 4 aromatic rings. The fourth-order valence-corrected chi connectivity index (χ4v) is 4.14. The van der Waals surface area contributed by atoms with E-state index in [4.69, 9.17) is 16.3 Å². The van der Waals surface area contributed by atoms with Crippen molar-refractivity contribution in [1.82, 2.24) is 4.98 Å². The summed E-state index contributed by atoms with van der Waals surface area (Å²) < 4.78 is 6.63. The van der Waals surface area contributed by atoms with Crippen LogP contribution in [0.25, 0.3) is 20.8 Å². The maximum absolute atomic E-state index is 12.2. The number of aromatic nitrogens is 1. The average molecular weight is 409 g/mol. The van der Waals surface area contributed by atoms with Crippen LogP contribution in [0.4, 0.5) is 5.69 Å². The molecule has 0 aliphatic rings. The topological polar surface area (TPSA) is 51.2 Å².